The normalized spacial score (nSPS) is 14.9. The molecule has 0 aliphatic rings. The molecule has 1 unspecified atom stereocenters. The Kier molecular flexibility index (Phi) is 3.00. The third kappa shape index (κ3) is 2.72. The highest BCUT2D eigenvalue weighted by Crippen LogP contribution is 2.25. The second-order valence-corrected chi connectivity index (χ2v) is 6.36. The molecule has 1 rings (SSSR count). The van der Waals surface area contributed by atoms with Gasteiger partial charge >= 0.3 is 0 Å². The van der Waals surface area contributed by atoms with Crippen molar-refractivity contribution in [3.8, 4) is 0 Å². The fourth-order valence-electron chi connectivity index (χ4n) is 0.757. The van der Waals surface area contributed by atoms with Crippen molar-refractivity contribution in [2.75, 3.05) is 0 Å². The van der Waals surface area contributed by atoms with Crippen molar-refractivity contribution < 1.29 is 9.00 Å². The fourth-order valence-corrected chi connectivity index (χ4v) is 3.46. The number of amides is 1. The van der Waals surface area contributed by atoms with E-state index in [4.69, 9.17) is 11.6 Å². The van der Waals surface area contributed by atoms with E-state index in [-0.39, 0.29) is 5.91 Å². The first kappa shape index (κ1) is 10.6. The molecule has 1 N–H and O–H groups in total. The molecule has 6 heteroatoms. The third-order valence-electron chi connectivity index (χ3n) is 1.18. The van der Waals surface area contributed by atoms with Crippen LogP contribution in [0.25, 0.3) is 0 Å². The minimum absolute atomic E-state index is 0.371. The van der Waals surface area contributed by atoms with Crippen molar-refractivity contribution in [2.45, 2.75) is 11.1 Å². The van der Waals surface area contributed by atoms with Crippen LogP contribution in [0.4, 0.5) is 0 Å². The Morgan fingerprint density at radius 2 is 2.31 bits per heavy atom. The zero-order valence-corrected chi connectivity index (χ0v) is 9.26. The standard InChI is InChI=1S/C7H8ClNO2S2/c1-5(10)9-13(2,11)7-4-3-6(8)12-7/h3-4H,2H2,1H3,(H,9,10,11). The van der Waals surface area contributed by atoms with E-state index in [0.717, 1.165) is 11.3 Å². The summed E-state index contributed by atoms with van der Waals surface area (Å²) in [6.45, 7) is 1.29. The second-order valence-electron chi connectivity index (χ2n) is 2.39. The monoisotopic (exact) mass is 237 g/mol. The van der Waals surface area contributed by atoms with Crippen LogP contribution in [0.3, 0.4) is 0 Å². The Balaban J connectivity index is 3.01. The molecule has 1 atom stereocenters. The molecule has 3 nitrogen and oxygen atoms in total. The summed E-state index contributed by atoms with van der Waals surface area (Å²) in [5.41, 5.74) is 0. The lowest BCUT2D eigenvalue weighted by Gasteiger charge is -2.05. The van der Waals surface area contributed by atoms with Crippen LogP contribution in [-0.4, -0.2) is 16.0 Å². The summed E-state index contributed by atoms with van der Waals surface area (Å²) in [6.07, 6.45) is 0. The van der Waals surface area contributed by atoms with Gasteiger partial charge in [-0.05, 0) is 18.0 Å². The van der Waals surface area contributed by atoms with E-state index < -0.39 is 9.71 Å². The highest BCUT2D eigenvalue weighted by atomic mass is 35.5. The van der Waals surface area contributed by atoms with Crippen molar-refractivity contribution in [3.05, 3.63) is 16.5 Å². The summed E-state index contributed by atoms with van der Waals surface area (Å²) in [4.78, 5) is 10.7. The van der Waals surface area contributed by atoms with Crippen molar-refractivity contribution in [2.24, 2.45) is 0 Å². The van der Waals surface area contributed by atoms with Gasteiger partial charge in [0, 0.05) is 6.92 Å². The van der Waals surface area contributed by atoms with Crippen LogP contribution in [0.1, 0.15) is 6.92 Å². The summed E-state index contributed by atoms with van der Waals surface area (Å²) < 4.78 is 15.0. The van der Waals surface area contributed by atoms with Gasteiger partial charge in [-0.15, -0.1) is 11.3 Å². The van der Waals surface area contributed by atoms with Gasteiger partial charge in [0.15, 0.2) is 0 Å². The molecule has 13 heavy (non-hydrogen) atoms. The van der Waals surface area contributed by atoms with Gasteiger partial charge in [0.2, 0.25) is 5.91 Å². The van der Waals surface area contributed by atoms with Crippen molar-refractivity contribution in [1.82, 2.24) is 4.72 Å². The van der Waals surface area contributed by atoms with E-state index >= 15 is 0 Å². The highest BCUT2D eigenvalue weighted by Gasteiger charge is 2.10. The molecule has 1 heterocycles. The maximum Gasteiger partial charge on any atom is 0.228 e. The molecule has 0 aromatic carbocycles. The summed E-state index contributed by atoms with van der Waals surface area (Å²) >= 11 is 6.80. The van der Waals surface area contributed by atoms with Crippen LogP contribution < -0.4 is 4.72 Å². The average molecular weight is 238 g/mol. The van der Waals surface area contributed by atoms with Crippen molar-refractivity contribution >= 4 is 44.4 Å². The molecule has 0 aliphatic carbocycles. The number of halogens is 1. The second kappa shape index (κ2) is 3.69. The van der Waals surface area contributed by atoms with Gasteiger partial charge in [-0.1, -0.05) is 11.6 Å². The van der Waals surface area contributed by atoms with Crippen LogP contribution in [0, 0.1) is 0 Å². The Morgan fingerprint density at radius 3 is 2.69 bits per heavy atom. The van der Waals surface area contributed by atoms with Gasteiger partial charge in [-0.2, -0.15) is 0 Å². The molecule has 0 aliphatic heterocycles. The molecule has 0 fully saturated rings. The Hall–Kier alpha value is -0.520. The van der Waals surface area contributed by atoms with Crippen molar-refractivity contribution in [1.29, 1.82) is 0 Å². The lowest BCUT2D eigenvalue weighted by Crippen LogP contribution is -2.27. The zero-order valence-electron chi connectivity index (χ0n) is 6.87. The Morgan fingerprint density at radius 1 is 1.69 bits per heavy atom. The van der Waals surface area contributed by atoms with E-state index in [2.05, 4.69) is 10.6 Å². The average Bonchev–Trinajstić information content (AvgIpc) is 2.32. The maximum absolute atomic E-state index is 11.7. The lowest BCUT2D eigenvalue weighted by molar-refractivity contribution is -0.117. The largest absolute Gasteiger partial charge is 0.279 e. The fraction of sp³-hybridized carbons (Fsp3) is 0.143. The minimum atomic E-state index is -2.70. The molecule has 0 spiro atoms. The predicted octanol–water partition coefficient (Wildman–Crippen LogP) is 1.53. The van der Waals surface area contributed by atoms with Gasteiger partial charge in [0.1, 0.15) is 4.21 Å². The summed E-state index contributed by atoms with van der Waals surface area (Å²) in [5, 5.41) is 0. The first-order valence-electron chi connectivity index (χ1n) is 3.33. The first-order chi connectivity index (χ1) is 5.92. The van der Waals surface area contributed by atoms with Gasteiger partial charge in [-0.3, -0.25) is 9.52 Å². The molecule has 0 saturated heterocycles. The summed E-state index contributed by atoms with van der Waals surface area (Å²) in [7, 11) is -2.70. The van der Waals surface area contributed by atoms with Crippen LogP contribution in [0.15, 0.2) is 16.3 Å². The number of rotatable bonds is 2. The summed E-state index contributed by atoms with van der Waals surface area (Å²) in [5.74, 6) is 3.07. The Labute approximate surface area is 85.9 Å². The molecular formula is C7H8ClNO2S2. The molecule has 0 saturated carbocycles. The summed E-state index contributed by atoms with van der Waals surface area (Å²) in [6, 6.07) is 3.21. The van der Waals surface area contributed by atoms with Crippen molar-refractivity contribution in [3.63, 3.8) is 0 Å². The predicted molar refractivity (Wildman–Crippen MR) is 56.7 cm³/mol. The molecule has 1 amide bonds. The van der Waals surface area contributed by atoms with E-state index in [1.807, 2.05) is 0 Å². The zero-order chi connectivity index (χ0) is 10.1. The number of carbonyl (C=O) groups excluding carboxylic acids is 1. The van der Waals surface area contributed by atoms with E-state index in [1.165, 1.54) is 6.92 Å². The van der Waals surface area contributed by atoms with E-state index in [0.29, 0.717) is 8.55 Å². The van der Waals surface area contributed by atoms with E-state index in [9.17, 15) is 9.00 Å². The number of hydrogen-bond donors (Lipinski definition) is 1. The topological polar surface area (TPSA) is 46.2 Å². The van der Waals surface area contributed by atoms with Crippen LogP contribution in [-0.2, 0) is 14.5 Å². The van der Waals surface area contributed by atoms with Gasteiger partial charge < -0.3 is 0 Å². The van der Waals surface area contributed by atoms with Gasteiger partial charge in [0.05, 0.1) is 14.0 Å². The third-order valence-corrected chi connectivity index (χ3v) is 4.67. The van der Waals surface area contributed by atoms with Crippen LogP contribution in [0.5, 0.6) is 0 Å². The van der Waals surface area contributed by atoms with Gasteiger partial charge in [-0.25, -0.2) is 4.21 Å². The van der Waals surface area contributed by atoms with Crippen LogP contribution >= 0.6 is 22.9 Å². The highest BCUT2D eigenvalue weighted by molar-refractivity contribution is 8.00. The van der Waals surface area contributed by atoms with Crippen LogP contribution in [0.2, 0.25) is 4.34 Å². The molecule has 72 valence electrons. The quantitative estimate of drug-likeness (QED) is 0.793. The molecular weight excluding hydrogens is 230 g/mol. The van der Waals surface area contributed by atoms with Gasteiger partial charge in [0.25, 0.3) is 0 Å². The molecule has 0 bridgehead atoms. The smallest absolute Gasteiger partial charge is 0.228 e. The van der Waals surface area contributed by atoms with E-state index in [1.54, 1.807) is 12.1 Å². The molecule has 0 radical (unpaired) electrons. The SMILES string of the molecule is C=S(=O)(NC(C)=O)c1ccc(Cl)s1. The maximum atomic E-state index is 11.7. The minimum Gasteiger partial charge on any atom is -0.279 e. The molecule has 1 aromatic rings. The number of thiophene rings is 1. The number of carbonyl (C=O) groups is 1. The lowest BCUT2D eigenvalue weighted by atomic mass is 10.7. The first-order valence-corrected chi connectivity index (χ1v) is 6.25. The molecule has 1 aromatic heterocycles. The Bertz CT molecular complexity index is 421. The number of nitrogens with one attached hydrogen (secondary N) is 1. The number of hydrogen-bond acceptors (Lipinski definition) is 3.